The van der Waals surface area contributed by atoms with E-state index in [0.717, 1.165) is 44.3 Å². The zero-order valence-electron chi connectivity index (χ0n) is 13.6. The van der Waals surface area contributed by atoms with Gasteiger partial charge < -0.3 is 4.90 Å². The van der Waals surface area contributed by atoms with Gasteiger partial charge in [-0.2, -0.15) is 4.31 Å². The molecule has 0 bridgehead atoms. The van der Waals surface area contributed by atoms with Gasteiger partial charge in [0.1, 0.15) is 0 Å². The Balaban J connectivity index is 1.74. The number of likely N-dealkylation sites (tertiary alicyclic amines) is 1. The fourth-order valence-corrected chi connectivity index (χ4v) is 4.94. The Labute approximate surface area is 138 Å². The summed E-state index contributed by atoms with van der Waals surface area (Å²) >= 11 is 0. The van der Waals surface area contributed by atoms with Gasteiger partial charge in [-0.25, -0.2) is 8.42 Å². The van der Waals surface area contributed by atoms with Crippen molar-refractivity contribution in [3.63, 3.8) is 0 Å². The van der Waals surface area contributed by atoms with Crippen LogP contribution in [0.3, 0.4) is 0 Å². The van der Waals surface area contributed by atoms with E-state index in [-0.39, 0.29) is 11.8 Å². The maximum Gasteiger partial charge on any atom is 0.243 e. The normalized spacial score (nSPS) is 23.2. The van der Waals surface area contributed by atoms with Crippen LogP contribution >= 0.6 is 0 Å². The first-order valence-corrected chi connectivity index (χ1v) is 9.78. The Morgan fingerprint density at radius 3 is 2.35 bits per heavy atom. The lowest BCUT2D eigenvalue weighted by Gasteiger charge is -2.33. The first kappa shape index (κ1) is 16.5. The van der Waals surface area contributed by atoms with Gasteiger partial charge in [-0.1, -0.05) is 17.7 Å². The molecule has 2 fully saturated rings. The second kappa shape index (κ2) is 6.61. The minimum absolute atomic E-state index is 0.131. The average Bonchev–Trinajstić information content (AvgIpc) is 3.09. The van der Waals surface area contributed by atoms with E-state index < -0.39 is 10.0 Å². The number of carbonyl (C=O) groups is 1. The van der Waals surface area contributed by atoms with Crippen LogP contribution in [0, 0.1) is 12.8 Å². The second-order valence-electron chi connectivity index (χ2n) is 6.55. The Kier molecular flexibility index (Phi) is 4.73. The number of hydrogen-bond acceptors (Lipinski definition) is 3. The molecule has 126 valence electrons. The van der Waals surface area contributed by atoms with Crippen molar-refractivity contribution in [1.82, 2.24) is 9.21 Å². The molecule has 23 heavy (non-hydrogen) atoms. The molecule has 0 aliphatic carbocycles. The van der Waals surface area contributed by atoms with Crippen LogP contribution in [-0.2, 0) is 14.8 Å². The Hall–Kier alpha value is -1.40. The summed E-state index contributed by atoms with van der Waals surface area (Å²) in [5.74, 6) is -0.0617. The van der Waals surface area contributed by atoms with Gasteiger partial charge in [-0.3, -0.25) is 4.79 Å². The van der Waals surface area contributed by atoms with Gasteiger partial charge in [0.2, 0.25) is 15.9 Å². The van der Waals surface area contributed by atoms with Crippen molar-refractivity contribution in [3.8, 4) is 0 Å². The topological polar surface area (TPSA) is 57.7 Å². The SMILES string of the molecule is Cc1ccc(S(=O)(=O)N2CCC[C@@H](C(=O)N3CCCC3)C2)cc1. The first-order valence-electron chi connectivity index (χ1n) is 8.34. The number of hydrogen-bond donors (Lipinski definition) is 0. The average molecular weight is 336 g/mol. The highest BCUT2D eigenvalue weighted by Crippen LogP contribution is 2.26. The zero-order chi connectivity index (χ0) is 16.4. The van der Waals surface area contributed by atoms with Gasteiger partial charge in [-0.15, -0.1) is 0 Å². The van der Waals surface area contributed by atoms with Crippen molar-refractivity contribution in [3.05, 3.63) is 29.8 Å². The molecule has 1 amide bonds. The summed E-state index contributed by atoms with van der Waals surface area (Å²) in [6, 6.07) is 6.92. The molecule has 0 radical (unpaired) electrons. The number of rotatable bonds is 3. The molecular formula is C17H24N2O3S. The van der Waals surface area contributed by atoms with Gasteiger partial charge >= 0.3 is 0 Å². The highest BCUT2D eigenvalue weighted by Gasteiger charge is 2.35. The van der Waals surface area contributed by atoms with Crippen molar-refractivity contribution in [2.24, 2.45) is 5.92 Å². The van der Waals surface area contributed by atoms with Crippen LogP contribution in [0.5, 0.6) is 0 Å². The van der Waals surface area contributed by atoms with Crippen LogP contribution in [0.1, 0.15) is 31.2 Å². The molecule has 1 aromatic carbocycles. The predicted octanol–water partition coefficient (Wildman–Crippen LogP) is 2.02. The standard InChI is InChI=1S/C17H24N2O3S/c1-14-6-8-16(9-7-14)23(21,22)19-12-4-5-15(13-19)17(20)18-10-2-3-11-18/h6-9,15H,2-5,10-13H2,1H3/t15-/m1/s1. The molecule has 2 heterocycles. The Morgan fingerprint density at radius 1 is 1.04 bits per heavy atom. The molecule has 3 rings (SSSR count). The van der Waals surface area contributed by atoms with Crippen LogP contribution in [0.15, 0.2) is 29.2 Å². The van der Waals surface area contributed by atoms with E-state index in [1.54, 1.807) is 12.1 Å². The number of nitrogens with zero attached hydrogens (tertiary/aromatic N) is 2. The molecule has 5 nitrogen and oxygen atoms in total. The Morgan fingerprint density at radius 2 is 1.70 bits per heavy atom. The summed E-state index contributed by atoms with van der Waals surface area (Å²) < 4.78 is 27.1. The fourth-order valence-electron chi connectivity index (χ4n) is 3.42. The van der Waals surface area contributed by atoms with Crippen molar-refractivity contribution < 1.29 is 13.2 Å². The third kappa shape index (κ3) is 3.43. The number of carbonyl (C=O) groups excluding carboxylic acids is 1. The molecule has 0 unspecified atom stereocenters. The van der Waals surface area contributed by atoms with Crippen LogP contribution < -0.4 is 0 Å². The third-order valence-corrected chi connectivity index (χ3v) is 6.69. The van der Waals surface area contributed by atoms with Crippen LogP contribution in [0.2, 0.25) is 0 Å². The third-order valence-electron chi connectivity index (χ3n) is 4.81. The second-order valence-corrected chi connectivity index (χ2v) is 8.49. The number of piperidine rings is 1. The molecule has 0 N–H and O–H groups in total. The van der Waals surface area contributed by atoms with E-state index in [0.29, 0.717) is 18.0 Å². The van der Waals surface area contributed by atoms with E-state index in [1.807, 2.05) is 24.0 Å². The molecular weight excluding hydrogens is 312 g/mol. The van der Waals surface area contributed by atoms with E-state index >= 15 is 0 Å². The Bertz CT molecular complexity index is 664. The number of sulfonamides is 1. The van der Waals surface area contributed by atoms with Gasteiger partial charge in [0, 0.05) is 26.2 Å². The van der Waals surface area contributed by atoms with Crippen LogP contribution in [0.25, 0.3) is 0 Å². The maximum atomic E-state index is 12.8. The zero-order valence-corrected chi connectivity index (χ0v) is 14.4. The maximum absolute atomic E-state index is 12.8. The smallest absolute Gasteiger partial charge is 0.243 e. The summed E-state index contributed by atoms with van der Waals surface area (Å²) in [6.07, 6.45) is 3.65. The number of benzene rings is 1. The lowest BCUT2D eigenvalue weighted by Crippen LogP contribution is -2.46. The predicted molar refractivity (Wildman–Crippen MR) is 88.5 cm³/mol. The van der Waals surface area contributed by atoms with Gasteiger partial charge in [0.25, 0.3) is 0 Å². The summed E-state index contributed by atoms with van der Waals surface area (Å²) in [5, 5.41) is 0. The van der Waals surface area contributed by atoms with Gasteiger partial charge in [0.05, 0.1) is 10.8 Å². The highest BCUT2D eigenvalue weighted by molar-refractivity contribution is 7.89. The van der Waals surface area contributed by atoms with E-state index in [1.165, 1.54) is 4.31 Å². The van der Waals surface area contributed by atoms with E-state index in [9.17, 15) is 13.2 Å². The van der Waals surface area contributed by atoms with E-state index in [2.05, 4.69) is 0 Å². The molecule has 2 aliphatic heterocycles. The molecule has 1 aromatic rings. The lowest BCUT2D eigenvalue weighted by molar-refractivity contribution is -0.135. The molecule has 0 saturated carbocycles. The minimum Gasteiger partial charge on any atom is -0.342 e. The van der Waals surface area contributed by atoms with Crippen LogP contribution in [-0.4, -0.2) is 49.7 Å². The minimum atomic E-state index is -3.51. The highest BCUT2D eigenvalue weighted by atomic mass is 32.2. The van der Waals surface area contributed by atoms with Crippen molar-refractivity contribution in [2.75, 3.05) is 26.2 Å². The molecule has 6 heteroatoms. The summed E-state index contributed by atoms with van der Waals surface area (Å²) in [4.78, 5) is 14.8. The molecule has 1 atom stereocenters. The van der Waals surface area contributed by atoms with Crippen LogP contribution in [0.4, 0.5) is 0 Å². The summed E-state index contributed by atoms with van der Waals surface area (Å²) in [6.45, 7) is 4.38. The molecule has 0 aromatic heterocycles. The summed E-state index contributed by atoms with van der Waals surface area (Å²) in [5.41, 5.74) is 1.03. The quantitative estimate of drug-likeness (QED) is 0.848. The number of aryl methyl sites for hydroxylation is 1. The number of amides is 1. The monoisotopic (exact) mass is 336 g/mol. The van der Waals surface area contributed by atoms with Crippen molar-refractivity contribution in [1.29, 1.82) is 0 Å². The molecule has 2 aliphatic rings. The first-order chi connectivity index (χ1) is 11.0. The molecule has 0 spiro atoms. The largest absolute Gasteiger partial charge is 0.342 e. The van der Waals surface area contributed by atoms with Gasteiger partial charge in [0.15, 0.2) is 0 Å². The summed E-state index contributed by atoms with van der Waals surface area (Å²) in [7, 11) is -3.51. The van der Waals surface area contributed by atoms with E-state index in [4.69, 9.17) is 0 Å². The van der Waals surface area contributed by atoms with Crippen molar-refractivity contribution >= 4 is 15.9 Å². The lowest BCUT2D eigenvalue weighted by atomic mass is 9.98. The van der Waals surface area contributed by atoms with Gasteiger partial charge in [-0.05, 0) is 44.7 Å². The molecule has 2 saturated heterocycles. The fraction of sp³-hybridized carbons (Fsp3) is 0.588. The van der Waals surface area contributed by atoms with Crippen molar-refractivity contribution in [2.45, 2.75) is 37.5 Å².